The van der Waals surface area contributed by atoms with Gasteiger partial charge in [-0.15, -0.1) is 11.6 Å². The maximum Gasteiger partial charge on any atom is 0.337 e. The van der Waals surface area contributed by atoms with Crippen molar-refractivity contribution in [3.8, 4) is 0 Å². The summed E-state index contributed by atoms with van der Waals surface area (Å²) in [5, 5.41) is 0. The minimum absolute atomic E-state index is 0.110. The van der Waals surface area contributed by atoms with Crippen molar-refractivity contribution < 1.29 is 19.0 Å². The predicted molar refractivity (Wildman–Crippen MR) is 72.0 cm³/mol. The molecule has 0 aromatic carbocycles. The van der Waals surface area contributed by atoms with E-state index in [0.29, 0.717) is 5.88 Å². The molecule has 0 spiro atoms. The van der Waals surface area contributed by atoms with E-state index in [1.165, 1.54) is 0 Å². The molecular formula is C13H25ClO4. The van der Waals surface area contributed by atoms with E-state index in [1.54, 1.807) is 13.8 Å². The Hall–Kier alpha value is -0.320. The minimum Gasteiger partial charge on any atom is -0.461 e. The summed E-state index contributed by atoms with van der Waals surface area (Å²) in [6, 6.07) is 0. The quantitative estimate of drug-likeness (QED) is 0.507. The Morgan fingerprint density at radius 2 is 1.72 bits per heavy atom. The monoisotopic (exact) mass is 280 g/mol. The predicted octanol–water partition coefficient (Wildman–Crippen LogP) is 2.77. The Balaban J connectivity index is 4.14. The average Bonchev–Trinajstić information content (AvgIpc) is 2.24. The number of halogens is 1. The molecule has 2 unspecified atom stereocenters. The summed E-state index contributed by atoms with van der Waals surface area (Å²) in [6.07, 6.45) is -0.215. The molecule has 0 aromatic rings. The third-order valence-corrected chi connectivity index (χ3v) is 2.59. The van der Waals surface area contributed by atoms with Crippen LogP contribution in [0.1, 0.15) is 41.5 Å². The van der Waals surface area contributed by atoms with Crippen LogP contribution >= 0.6 is 11.6 Å². The lowest BCUT2D eigenvalue weighted by atomic mass is 10.1. The molecule has 108 valence electrons. The Morgan fingerprint density at radius 1 is 1.17 bits per heavy atom. The van der Waals surface area contributed by atoms with Crippen LogP contribution in [0, 0.1) is 0 Å². The fourth-order valence-corrected chi connectivity index (χ4v) is 1.52. The van der Waals surface area contributed by atoms with Crippen molar-refractivity contribution in [2.75, 3.05) is 12.5 Å². The van der Waals surface area contributed by atoms with Crippen LogP contribution in [-0.2, 0) is 19.0 Å². The van der Waals surface area contributed by atoms with Crippen LogP contribution in [0.3, 0.4) is 0 Å². The number of rotatable bonds is 8. The molecule has 0 saturated heterocycles. The van der Waals surface area contributed by atoms with Gasteiger partial charge in [0, 0.05) is 5.88 Å². The lowest BCUT2D eigenvalue weighted by molar-refractivity contribution is -0.176. The molecule has 0 rings (SSSR count). The number of esters is 1. The number of alkyl halides is 1. The number of carbonyl (C=O) groups excluding carboxylic acids is 1. The van der Waals surface area contributed by atoms with Gasteiger partial charge in [0.25, 0.3) is 0 Å². The first kappa shape index (κ1) is 17.7. The van der Waals surface area contributed by atoms with E-state index in [-0.39, 0.29) is 24.9 Å². The van der Waals surface area contributed by atoms with Gasteiger partial charge >= 0.3 is 5.97 Å². The molecule has 18 heavy (non-hydrogen) atoms. The summed E-state index contributed by atoms with van der Waals surface area (Å²) in [6.45, 7) is 11.1. The van der Waals surface area contributed by atoms with E-state index >= 15 is 0 Å². The van der Waals surface area contributed by atoms with Crippen molar-refractivity contribution in [1.29, 1.82) is 0 Å². The number of ether oxygens (including phenoxy) is 3. The van der Waals surface area contributed by atoms with Crippen LogP contribution in [0.4, 0.5) is 0 Å². The molecule has 0 bridgehead atoms. The van der Waals surface area contributed by atoms with E-state index in [0.717, 1.165) is 0 Å². The molecule has 2 atom stereocenters. The van der Waals surface area contributed by atoms with Crippen molar-refractivity contribution in [3.05, 3.63) is 0 Å². The fraction of sp³-hybridized carbons (Fsp3) is 0.923. The largest absolute Gasteiger partial charge is 0.461 e. The average molecular weight is 281 g/mol. The van der Waals surface area contributed by atoms with E-state index in [4.69, 9.17) is 25.8 Å². The summed E-state index contributed by atoms with van der Waals surface area (Å²) >= 11 is 5.65. The first-order valence-corrected chi connectivity index (χ1v) is 6.79. The molecular weight excluding hydrogens is 256 g/mol. The second kappa shape index (κ2) is 7.97. The van der Waals surface area contributed by atoms with Crippen molar-refractivity contribution in [2.45, 2.75) is 65.5 Å². The lowest BCUT2D eigenvalue weighted by Crippen LogP contribution is -2.41. The van der Waals surface area contributed by atoms with Gasteiger partial charge in [0.15, 0.2) is 5.60 Å². The van der Waals surface area contributed by atoms with Crippen LogP contribution < -0.4 is 0 Å². The molecule has 0 fully saturated rings. The van der Waals surface area contributed by atoms with Gasteiger partial charge in [-0.3, -0.25) is 0 Å². The maximum absolute atomic E-state index is 11.9. The Bertz CT molecular complexity index is 253. The molecule has 0 heterocycles. The molecule has 4 nitrogen and oxygen atoms in total. The molecule has 0 N–H and O–H groups in total. The molecule has 0 radical (unpaired) electrons. The normalized spacial score (nSPS) is 15.6. The fourth-order valence-electron chi connectivity index (χ4n) is 1.45. The number of hydrogen-bond donors (Lipinski definition) is 0. The van der Waals surface area contributed by atoms with Crippen molar-refractivity contribution >= 4 is 17.6 Å². The Labute approximate surface area is 115 Å². The first-order chi connectivity index (χ1) is 8.19. The third-order valence-electron chi connectivity index (χ3n) is 2.16. The van der Waals surface area contributed by atoms with Gasteiger partial charge in [0.1, 0.15) is 6.61 Å². The van der Waals surface area contributed by atoms with Gasteiger partial charge in [-0.25, -0.2) is 4.79 Å². The van der Waals surface area contributed by atoms with E-state index < -0.39 is 11.6 Å². The van der Waals surface area contributed by atoms with Crippen LogP contribution in [0.2, 0.25) is 0 Å². The number of hydrogen-bond acceptors (Lipinski definition) is 4. The zero-order valence-electron chi connectivity index (χ0n) is 12.2. The van der Waals surface area contributed by atoms with Gasteiger partial charge in [0.05, 0.1) is 18.3 Å². The standard InChI is InChI=1S/C13H25ClO4/c1-9(2)17-11(4)8-16-12(15)13(5,6)18-10(3)7-14/h9-11H,7-8H2,1-6H3. The van der Waals surface area contributed by atoms with Crippen molar-refractivity contribution in [1.82, 2.24) is 0 Å². The van der Waals surface area contributed by atoms with E-state index in [1.807, 2.05) is 27.7 Å². The van der Waals surface area contributed by atoms with Gasteiger partial charge in [0.2, 0.25) is 0 Å². The summed E-state index contributed by atoms with van der Waals surface area (Å²) in [7, 11) is 0. The first-order valence-electron chi connectivity index (χ1n) is 6.25. The van der Waals surface area contributed by atoms with Crippen LogP contribution in [0.5, 0.6) is 0 Å². The minimum atomic E-state index is -0.994. The van der Waals surface area contributed by atoms with Gasteiger partial charge in [-0.05, 0) is 41.5 Å². The van der Waals surface area contributed by atoms with Crippen LogP contribution in [-0.4, -0.2) is 42.4 Å². The Morgan fingerprint density at radius 3 is 2.17 bits per heavy atom. The molecule has 0 amide bonds. The highest BCUT2D eigenvalue weighted by Crippen LogP contribution is 2.15. The van der Waals surface area contributed by atoms with Gasteiger partial charge in [-0.1, -0.05) is 0 Å². The molecule has 0 aliphatic heterocycles. The zero-order valence-corrected chi connectivity index (χ0v) is 12.9. The van der Waals surface area contributed by atoms with Gasteiger partial charge in [-0.2, -0.15) is 0 Å². The molecule has 0 aliphatic rings. The highest BCUT2D eigenvalue weighted by Gasteiger charge is 2.32. The topological polar surface area (TPSA) is 44.8 Å². The van der Waals surface area contributed by atoms with Crippen molar-refractivity contribution in [3.63, 3.8) is 0 Å². The summed E-state index contributed by atoms with van der Waals surface area (Å²) in [5.74, 6) is -0.0671. The highest BCUT2D eigenvalue weighted by molar-refractivity contribution is 6.18. The lowest BCUT2D eigenvalue weighted by Gasteiger charge is -2.27. The second-order valence-electron chi connectivity index (χ2n) is 5.19. The molecule has 5 heteroatoms. The molecule has 0 aromatic heterocycles. The summed E-state index contributed by atoms with van der Waals surface area (Å²) in [5.41, 5.74) is -0.994. The SMILES string of the molecule is CC(C)OC(C)COC(=O)C(C)(C)OC(C)CCl. The van der Waals surface area contributed by atoms with Crippen molar-refractivity contribution in [2.24, 2.45) is 0 Å². The number of carbonyl (C=O) groups is 1. The highest BCUT2D eigenvalue weighted by atomic mass is 35.5. The van der Waals surface area contributed by atoms with Crippen LogP contribution in [0.25, 0.3) is 0 Å². The van der Waals surface area contributed by atoms with E-state index in [9.17, 15) is 4.79 Å². The zero-order chi connectivity index (χ0) is 14.3. The second-order valence-corrected chi connectivity index (χ2v) is 5.50. The van der Waals surface area contributed by atoms with Crippen LogP contribution in [0.15, 0.2) is 0 Å². The van der Waals surface area contributed by atoms with Gasteiger partial charge < -0.3 is 14.2 Å². The third kappa shape index (κ3) is 7.19. The molecule has 0 saturated carbocycles. The smallest absolute Gasteiger partial charge is 0.337 e. The summed E-state index contributed by atoms with van der Waals surface area (Å²) < 4.78 is 16.2. The Kier molecular flexibility index (Phi) is 7.83. The molecule has 0 aliphatic carbocycles. The maximum atomic E-state index is 11.9. The summed E-state index contributed by atoms with van der Waals surface area (Å²) in [4.78, 5) is 11.9. The van der Waals surface area contributed by atoms with E-state index in [2.05, 4.69) is 0 Å².